The largest absolute Gasteiger partial charge is 0.338 e. The molecular formula is C15H10ClN3O2. The van der Waals surface area contributed by atoms with Gasteiger partial charge >= 0.3 is 0 Å². The van der Waals surface area contributed by atoms with E-state index < -0.39 is 4.92 Å². The van der Waals surface area contributed by atoms with Crippen LogP contribution in [0.5, 0.6) is 0 Å². The van der Waals surface area contributed by atoms with Crippen LogP contribution in [0.25, 0.3) is 23.2 Å². The third-order valence-corrected chi connectivity index (χ3v) is 3.36. The van der Waals surface area contributed by atoms with E-state index in [9.17, 15) is 10.1 Å². The zero-order chi connectivity index (χ0) is 14.8. The molecule has 0 bridgehead atoms. The number of nitrogens with zero attached hydrogens (tertiary/aromatic N) is 2. The molecule has 6 heteroatoms. The van der Waals surface area contributed by atoms with E-state index in [1.165, 1.54) is 18.2 Å². The number of non-ortho nitro benzene ring substituents is 1. The Morgan fingerprint density at radius 1 is 1.19 bits per heavy atom. The fourth-order valence-corrected chi connectivity index (χ4v) is 2.17. The molecule has 3 rings (SSSR count). The fraction of sp³-hybridized carbons (Fsp3) is 0. The highest BCUT2D eigenvalue weighted by Gasteiger charge is 2.08. The second kappa shape index (κ2) is 5.38. The van der Waals surface area contributed by atoms with Gasteiger partial charge in [0.05, 0.1) is 16.0 Å². The number of nitro benzene ring substituents is 1. The molecule has 0 spiro atoms. The van der Waals surface area contributed by atoms with Gasteiger partial charge in [-0.2, -0.15) is 0 Å². The Morgan fingerprint density at radius 3 is 2.76 bits per heavy atom. The molecule has 21 heavy (non-hydrogen) atoms. The minimum atomic E-state index is -0.450. The molecule has 0 aliphatic heterocycles. The Kier molecular flexibility index (Phi) is 3.41. The first-order valence-corrected chi connectivity index (χ1v) is 6.58. The number of imidazole rings is 1. The number of fused-ring (bicyclic) bond motifs is 1. The topological polar surface area (TPSA) is 71.8 Å². The van der Waals surface area contributed by atoms with E-state index in [1.807, 2.05) is 24.3 Å². The lowest BCUT2D eigenvalue weighted by Crippen LogP contribution is -1.88. The summed E-state index contributed by atoms with van der Waals surface area (Å²) >= 11 is 6.04. The van der Waals surface area contributed by atoms with Crippen LogP contribution in [0.15, 0.2) is 42.5 Å². The van der Waals surface area contributed by atoms with Crippen molar-refractivity contribution in [3.05, 3.63) is 69.0 Å². The third kappa shape index (κ3) is 2.78. The molecule has 0 saturated carbocycles. The van der Waals surface area contributed by atoms with Crippen molar-refractivity contribution in [3.8, 4) is 0 Å². The minimum Gasteiger partial charge on any atom is -0.338 e. The van der Waals surface area contributed by atoms with E-state index in [-0.39, 0.29) is 5.69 Å². The molecule has 0 aliphatic rings. The van der Waals surface area contributed by atoms with Crippen molar-refractivity contribution in [2.75, 3.05) is 0 Å². The number of benzene rings is 2. The van der Waals surface area contributed by atoms with E-state index in [2.05, 4.69) is 9.97 Å². The normalized spacial score (nSPS) is 11.3. The number of hydrogen-bond acceptors (Lipinski definition) is 3. The average Bonchev–Trinajstić information content (AvgIpc) is 2.89. The summed E-state index contributed by atoms with van der Waals surface area (Å²) in [6.07, 6.45) is 3.44. The first-order valence-electron chi connectivity index (χ1n) is 6.20. The van der Waals surface area contributed by atoms with Crippen LogP contribution in [0, 0.1) is 10.1 Å². The summed E-state index contributed by atoms with van der Waals surface area (Å²) in [5, 5.41) is 11.2. The summed E-state index contributed by atoms with van der Waals surface area (Å²) in [6, 6.07) is 12.0. The van der Waals surface area contributed by atoms with Crippen molar-refractivity contribution in [2.24, 2.45) is 0 Å². The number of aromatic amines is 1. The van der Waals surface area contributed by atoms with Gasteiger partial charge < -0.3 is 4.98 Å². The second-order valence-electron chi connectivity index (χ2n) is 4.44. The quantitative estimate of drug-likeness (QED) is 0.579. The highest BCUT2D eigenvalue weighted by atomic mass is 35.5. The summed E-state index contributed by atoms with van der Waals surface area (Å²) < 4.78 is 0. The maximum absolute atomic E-state index is 10.8. The molecule has 0 saturated heterocycles. The van der Waals surface area contributed by atoms with Crippen molar-refractivity contribution < 1.29 is 4.92 Å². The number of rotatable bonds is 3. The zero-order valence-electron chi connectivity index (χ0n) is 10.8. The SMILES string of the molecule is O=[N+]([O-])c1ccc(Cl)c(/C=C\c2nc3ccccc3[nH]2)c1. The predicted molar refractivity (Wildman–Crippen MR) is 83.1 cm³/mol. The lowest BCUT2D eigenvalue weighted by atomic mass is 10.2. The summed E-state index contributed by atoms with van der Waals surface area (Å²) in [4.78, 5) is 17.9. The van der Waals surface area contributed by atoms with Crippen LogP contribution in [0.1, 0.15) is 11.4 Å². The summed E-state index contributed by atoms with van der Waals surface area (Å²) in [5.41, 5.74) is 2.37. The molecule has 0 amide bonds. The Bertz CT molecular complexity index is 822. The highest BCUT2D eigenvalue weighted by Crippen LogP contribution is 2.24. The summed E-state index contributed by atoms with van der Waals surface area (Å²) in [6.45, 7) is 0. The van der Waals surface area contributed by atoms with Crippen LogP contribution in [0.4, 0.5) is 5.69 Å². The molecule has 0 unspecified atom stereocenters. The van der Waals surface area contributed by atoms with Gasteiger partial charge in [0.2, 0.25) is 0 Å². The van der Waals surface area contributed by atoms with Crippen LogP contribution >= 0.6 is 11.6 Å². The van der Waals surface area contributed by atoms with Crippen LogP contribution in [-0.2, 0) is 0 Å². The molecule has 3 aromatic rings. The zero-order valence-corrected chi connectivity index (χ0v) is 11.5. The van der Waals surface area contributed by atoms with Crippen molar-refractivity contribution in [1.29, 1.82) is 0 Å². The van der Waals surface area contributed by atoms with Gasteiger partial charge in [-0.15, -0.1) is 0 Å². The third-order valence-electron chi connectivity index (χ3n) is 3.02. The molecule has 0 aliphatic carbocycles. The van der Waals surface area contributed by atoms with E-state index in [0.717, 1.165) is 11.0 Å². The maximum atomic E-state index is 10.8. The molecule has 0 atom stereocenters. The van der Waals surface area contributed by atoms with Crippen LogP contribution < -0.4 is 0 Å². The number of nitro groups is 1. The van der Waals surface area contributed by atoms with E-state index in [4.69, 9.17) is 11.6 Å². The van der Waals surface area contributed by atoms with E-state index >= 15 is 0 Å². The molecular weight excluding hydrogens is 290 g/mol. The molecule has 0 fully saturated rings. The van der Waals surface area contributed by atoms with Gasteiger partial charge in [0.1, 0.15) is 5.82 Å². The number of aromatic nitrogens is 2. The minimum absolute atomic E-state index is 0.00339. The van der Waals surface area contributed by atoms with Crippen molar-refractivity contribution in [3.63, 3.8) is 0 Å². The van der Waals surface area contributed by atoms with Gasteiger partial charge in [-0.25, -0.2) is 4.98 Å². The molecule has 5 nitrogen and oxygen atoms in total. The standard InChI is InChI=1S/C15H10ClN3O2/c16-12-7-6-11(19(20)21)9-10(12)5-8-15-17-13-3-1-2-4-14(13)18-15/h1-9H,(H,17,18)/b8-5-. The molecule has 0 radical (unpaired) electrons. The Morgan fingerprint density at radius 2 is 2.00 bits per heavy atom. The first-order chi connectivity index (χ1) is 10.1. The average molecular weight is 300 g/mol. The highest BCUT2D eigenvalue weighted by molar-refractivity contribution is 6.32. The monoisotopic (exact) mass is 299 g/mol. The molecule has 1 N–H and O–H groups in total. The van der Waals surface area contributed by atoms with Crippen LogP contribution in [0.2, 0.25) is 5.02 Å². The predicted octanol–water partition coefficient (Wildman–Crippen LogP) is 4.29. The molecule has 1 heterocycles. The van der Waals surface area contributed by atoms with Crippen LogP contribution in [0.3, 0.4) is 0 Å². The Labute approximate surface area is 125 Å². The van der Waals surface area contributed by atoms with E-state index in [1.54, 1.807) is 12.2 Å². The van der Waals surface area contributed by atoms with Gasteiger partial charge in [0.15, 0.2) is 0 Å². The first kappa shape index (κ1) is 13.3. The van der Waals surface area contributed by atoms with Crippen molar-refractivity contribution >= 4 is 40.5 Å². The summed E-state index contributed by atoms with van der Waals surface area (Å²) in [7, 11) is 0. The lowest BCUT2D eigenvalue weighted by molar-refractivity contribution is -0.384. The Balaban J connectivity index is 1.95. The molecule has 104 valence electrons. The fourth-order valence-electron chi connectivity index (χ4n) is 1.99. The van der Waals surface area contributed by atoms with E-state index in [0.29, 0.717) is 16.4 Å². The smallest absolute Gasteiger partial charge is 0.270 e. The number of halogens is 1. The number of H-pyrrole nitrogens is 1. The summed E-state index contributed by atoms with van der Waals surface area (Å²) in [5.74, 6) is 0.666. The van der Waals surface area contributed by atoms with Crippen molar-refractivity contribution in [1.82, 2.24) is 9.97 Å². The lowest BCUT2D eigenvalue weighted by Gasteiger charge is -1.97. The van der Waals surface area contributed by atoms with Crippen LogP contribution in [-0.4, -0.2) is 14.9 Å². The van der Waals surface area contributed by atoms with Crippen molar-refractivity contribution in [2.45, 2.75) is 0 Å². The Hall–Kier alpha value is -2.66. The maximum Gasteiger partial charge on any atom is 0.270 e. The molecule has 2 aromatic carbocycles. The molecule has 1 aromatic heterocycles. The van der Waals surface area contributed by atoms with Gasteiger partial charge in [-0.05, 0) is 35.9 Å². The van der Waals surface area contributed by atoms with Gasteiger partial charge in [-0.3, -0.25) is 10.1 Å². The number of hydrogen-bond donors (Lipinski definition) is 1. The number of para-hydroxylation sites is 2. The van der Waals surface area contributed by atoms with Gasteiger partial charge in [0, 0.05) is 17.2 Å². The second-order valence-corrected chi connectivity index (χ2v) is 4.84. The van der Waals surface area contributed by atoms with Gasteiger partial charge in [-0.1, -0.05) is 23.7 Å². The van der Waals surface area contributed by atoms with Gasteiger partial charge in [0.25, 0.3) is 5.69 Å². The number of nitrogens with one attached hydrogen (secondary N) is 1.